The number of rotatable bonds is 6. The number of carbonyl (C=O) groups is 1. The molecule has 2 N–H and O–H groups in total. The topological polar surface area (TPSA) is 98.0 Å². The summed E-state index contributed by atoms with van der Waals surface area (Å²) in [6.07, 6.45) is 0.906. The maximum Gasteiger partial charge on any atom is 0.573 e. The minimum atomic E-state index is -4.82. The molecule has 8 nitrogen and oxygen atoms in total. The van der Waals surface area contributed by atoms with Crippen LogP contribution >= 0.6 is 0 Å². The van der Waals surface area contributed by atoms with E-state index >= 15 is 0 Å². The predicted octanol–water partition coefficient (Wildman–Crippen LogP) is 3.67. The molecule has 1 amide bonds. The van der Waals surface area contributed by atoms with Crippen LogP contribution in [0.1, 0.15) is 47.9 Å². The van der Waals surface area contributed by atoms with Gasteiger partial charge in [0, 0.05) is 6.20 Å². The number of hydrogen-bond donors (Lipinski definition) is 2. The van der Waals surface area contributed by atoms with Gasteiger partial charge < -0.3 is 19.9 Å². The third kappa shape index (κ3) is 5.37. The monoisotopic (exact) mass is 476 g/mol. The fraction of sp³-hybridized carbons (Fsp3) is 0.348. The van der Waals surface area contributed by atoms with Gasteiger partial charge in [0.15, 0.2) is 5.65 Å². The van der Waals surface area contributed by atoms with Crippen LogP contribution in [0.15, 0.2) is 48.8 Å². The maximum atomic E-state index is 13.2. The van der Waals surface area contributed by atoms with Gasteiger partial charge >= 0.3 is 6.36 Å². The average Bonchev–Trinajstić information content (AvgIpc) is 3.20. The molecule has 1 aliphatic rings. The van der Waals surface area contributed by atoms with E-state index in [-0.39, 0.29) is 5.56 Å². The number of halogens is 3. The molecule has 0 aliphatic carbocycles. The van der Waals surface area contributed by atoms with Crippen LogP contribution in [-0.4, -0.2) is 50.8 Å². The molecule has 3 heterocycles. The Morgan fingerprint density at radius 1 is 1.24 bits per heavy atom. The van der Waals surface area contributed by atoms with E-state index in [9.17, 15) is 23.1 Å². The first-order valence-corrected chi connectivity index (χ1v) is 10.5. The lowest BCUT2D eigenvalue weighted by atomic mass is 9.91. The van der Waals surface area contributed by atoms with E-state index in [1.165, 1.54) is 36.7 Å². The SMILES string of the molecule is CC(C)(O)C(NC(=O)c1cnn2ccc(C3=CCOCC3)nc12)c1ccc(OC(F)(F)F)cc1. The van der Waals surface area contributed by atoms with Gasteiger partial charge in [0.25, 0.3) is 5.91 Å². The molecule has 11 heteroatoms. The summed E-state index contributed by atoms with van der Waals surface area (Å²) in [7, 11) is 0. The van der Waals surface area contributed by atoms with Gasteiger partial charge in [0.2, 0.25) is 0 Å². The number of aliphatic hydroxyl groups is 1. The number of nitrogens with zero attached hydrogens (tertiary/aromatic N) is 3. The largest absolute Gasteiger partial charge is 0.573 e. The molecule has 0 radical (unpaired) electrons. The second-order valence-corrected chi connectivity index (χ2v) is 8.37. The van der Waals surface area contributed by atoms with Crippen molar-refractivity contribution < 1.29 is 32.5 Å². The highest BCUT2D eigenvalue weighted by Gasteiger charge is 2.33. The number of carbonyl (C=O) groups excluding carboxylic acids is 1. The molecule has 1 unspecified atom stereocenters. The maximum absolute atomic E-state index is 13.2. The first-order valence-electron chi connectivity index (χ1n) is 10.5. The van der Waals surface area contributed by atoms with Crippen LogP contribution in [0.3, 0.4) is 0 Å². The zero-order valence-electron chi connectivity index (χ0n) is 18.5. The summed E-state index contributed by atoms with van der Waals surface area (Å²) in [5, 5.41) is 17.6. The highest BCUT2D eigenvalue weighted by atomic mass is 19.4. The average molecular weight is 476 g/mol. The Kier molecular flexibility index (Phi) is 6.32. The van der Waals surface area contributed by atoms with Crippen LogP contribution in [0.5, 0.6) is 5.75 Å². The molecule has 0 fully saturated rings. The van der Waals surface area contributed by atoms with Crippen LogP contribution in [0.25, 0.3) is 11.2 Å². The molecule has 0 saturated carbocycles. The summed E-state index contributed by atoms with van der Waals surface area (Å²) in [4.78, 5) is 17.8. The molecular weight excluding hydrogens is 453 g/mol. The smallest absolute Gasteiger partial charge is 0.406 e. The summed E-state index contributed by atoms with van der Waals surface area (Å²) in [6.45, 7) is 4.06. The molecule has 1 aliphatic heterocycles. The summed E-state index contributed by atoms with van der Waals surface area (Å²) in [5.41, 5.74) is 1.22. The summed E-state index contributed by atoms with van der Waals surface area (Å²) in [6, 6.07) is 5.83. The Hall–Kier alpha value is -3.44. The minimum absolute atomic E-state index is 0.195. The van der Waals surface area contributed by atoms with Crippen molar-refractivity contribution in [3.05, 3.63) is 65.6 Å². The molecule has 0 spiro atoms. The van der Waals surface area contributed by atoms with Gasteiger partial charge in [-0.1, -0.05) is 18.2 Å². The van der Waals surface area contributed by atoms with Crippen LogP contribution in [-0.2, 0) is 4.74 Å². The van der Waals surface area contributed by atoms with E-state index in [1.807, 2.05) is 12.1 Å². The fourth-order valence-corrected chi connectivity index (χ4v) is 3.71. The van der Waals surface area contributed by atoms with Crippen molar-refractivity contribution in [2.75, 3.05) is 13.2 Å². The normalized spacial score (nSPS) is 15.6. The highest BCUT2D eigenvalue weighted by Crippen LogP contribution is 2.30. The molecule has 0 bridgehead atoms. The summed E-state index contributed by atoms with van der Waals surface area (Å²) >= 11 is 0. The zero-order valence-corrected chi connectivity index (χ0v) is 18.5. The number of nitrogens with one attached hydrogen (secondary N) is 1. The van der Waals surface area contributed by atoms with Crippen molar-refractivity contribution in [1.29, 1.82) is 0 Å². The van der Waals surface area contributed by atoms with Crippen molar-refractivity contribution in [1.82, 2.24) is 19.9 Å². The van der Waals surface area contributed by atoms with Gasteiger partial charge in [0.1, 0.15) is 11.3 Å². The second-order valence-electron chi connectivity index (χ2n) is 8.37. The van der Waals surface area contributed by atoms with E-state index in [0.717, 1.165) is 17.7 Å². The van der Waals surface area contributed by atoms with E-state index in [2.05, 4.69) is 20.1 Å². The minimum Gasteiger partial charge on any atom is -0.406 e. The van der Waals surface area contributed by atoms with Crippen molar-refractivity contribution in [2.45, 2.75) is 38.3 Å². The van der Waals surface area contributed by atoms with Gasteiger partial charge in [-0.25, -0.2) is 9.50 Å². The van der Waals surface area contributed by atoms with Crippen LogP contribution in [0.4, 0.5) is 13.2 Å². The van der Waals surface area contributed by atoms with Crippen molar-refractivity contribution in [3.8, 4) is 5.75 Å². The Morgan fingerprint density at radius 2 is 1.97 bits per heavy atom. The third-order valence-corrected chi connectivity index (χ3v) is 5.33. The van der Waals surface area contributed by atoms with Gasteiger partial charge in [0.05, 0.1) is 36.7 Å². The number of benzene rings is 1. The third-order valence-electron chi connectivity index (χ3n) is 5.33. The molecular formula is C23H23F3N4O4. The van der Waals surface area contributed by atoms with Crippen LogP contribution < -0.4 is 10.1 Å². The number of hydrogen-bond acceptors (Lipinski definition) is 6. The van der Waals surface area contributed by atoms with Crippen molar-refractivity contribution in [2.24, 2.45) is 0 Å². The van der Waals surface area contributed by atoms with E-state index in [0.29, 0.717) is 36.5 Å². The Labute approximate surface area is 193 Å². The molecule has 0 saturated heterocycles. The quantitative estimate of drug-likeness (QED) is 0.564. The molecule has 4 rings (SSSR count). The standard InChI is InChI=1S/C23H23F3N4O4/c1-22(2,32)19(15-3-5-16(6-4-15)34-23(24,25)26)29-21(31)17-13-27-30-10-7-18(28-20(17)30)14-8-11-33-12-9-14/h3-8,10,13,19,32H,9,11-12H2,1-2H3,(H,29,31). The Bertz CT molecular complexity index is 1210. The fourth-order valence-electron chi connectivity index (χ4n) is 3.71. The summed E-state index contributed by atoms with van der Waals surface area (Å²) < 4.78 is 48.0. The number of ether oxygens (including phenoxy) is 2. The molecule has 1 aromatic carbocycles. The molecule has 3 aromatic rings. The highest BCUT2D eigenvalue weighted by molar-refractivity contribution is 6.00. The second kappa shape index (κ2) is 9.07. The molecule has 180 valence electrons. The van der Waals surface area contributed by atoms with E-state index < -0.39 is 29.7 Å². The van der Waals surface area contributed by atoms with E-state index in [4.69, 9.17) is 4.74 Å². The number of fused-ring (bicyclic) bond motifs is 1. The van der Waals surface area contributed by atoms with Crippen molar-refractivity contribution in [3.63, 3.8) is 0 Å². The van der Waals surface area contributed by atoms with Gasteiger partial charge in [-0.15, -0.1) is 13.2 Å². The first-order chi connectivity index (χ1) is 16.0. The van der Waals surface area contributed by atoms with Crippen LogP contribution in [0.2, 0.25) is 0 Å². The number of alkyl halides is 3. The lowest BCUT2D eigenvalue weighted by Crippen LogP contribution is -2.42. The van der Waals surface area contributed by atoms with Gasteiger partial charge in [-0.05, 0) is 49.6 Å². The zero-order chi connectivity index (χ0) is 24.5. The van der Waals surface area contributed by atoms with Gasteiger partial charge in [-0.2, -0.15) is 5.10 Å². The number of amides is 1. The van der Waals surface area contributed by atoms with Crippen LogP contribution in [0, 0.1) is 0 Å². The molecule has 2 aromatic heterocycles. The van der Waals surface area contributed by atoms with Gasteiger partial charge in [-0.3, -0.25) is 4.79 Å². The Morgan fingerprint density at radius 3 is 2.59 bits per heavy atom. The first kappa shape index (κ1) is 23.7. The number of aromatic nitrogens is 3. The molecule has 1 atom stereocenters. The lowest BCUT2D eigenvalue weighted by molar-refractivity contribution is -0.274. The summed E-state index contributed by atoms with van der Waals surface area (Å²) in [5.74, 6) is -0.942. The van der Waals surface area contributed by atoms with Crippen molar-refractivity contribution >= 4 is 17.1 Å². The lowest BCUT2D eigenvalue weighted by Gasteiger charge is -2.30. The Balaban J connectivity index is 1.60. The van der Waals surface area contributed by atoms with E-state index in [1.54, 1.807) is 6.20 Å². The predicted molar refractivity (Wildman–Crippen MR) is 116 cm³/mol. The molecule has 34 heavy (non-hydrogen) atoms.